The number of nitrogen functional groups attached to an aromatic ring is 1. The highest BCUT2D eigenvalue weighted by atomic mass is 31.3. The van der Waals surface area contributed by atoms with Crippen molar-refractivity contribution in [2.45, 2.75) is 24.9 Å². The summed E-state index contributed by atoms with van der Waals surface area (Å²) in [5.41, 5.74) is 6.47. The van der Waals surface area contributed by atoms with Gasteiger partial charge < -0.3 is 34.8 Å². The van der Waals surface area contributed by atoms with Crippen molar-refractivity contribution in [2.75, 3.05) is 19.5 Å². The van der Waals surface area contributed by atoms with Gasteiger partial charge in [-0.2, -0.15) is 8.62 Å². The maximum absolute atomic E-state index is 11.9. The Morgan fingerprint density at radius 1 is 1.16 bits per heavy atom. The van der Waals surface area contributed by atoms with Crippen molar-refractivity contribution in [3.63, 3.8) is 0 Å². The highest BCUT2D eigenvalue weighted by Gasteiger charge is 2.43. The third-order valence-corrected chi connectivity index (χ3v) is 7.80. The molecule has 2 unspecified atom stereocenters. The van der Waals surface area contributed by atoms with Crippen LogP contribution < -0.4 is 5.73 Å². The summed E-state index contributed by atoms with van der Waals surface area (Å²) in [6.45, 7) is -0.650. The number of aromatic nitrogens is 4. The maximum atomic E-state index is 11.9. The summed E-state index contributed by atoms with van der Waals surface area (Å²) in [6.07, 6.45) is 0.628. The van der Waals surface area contributed by atoms with Gasteiger partial charge in [0, 0.05) is 13.5 Å². The summed E-state index contributed by atoms with van der Waals surface area (Å²) in [7, 11) is -15.0. The summed E-state index contributed by atoms with van der Waals surface area (Å²) < 4.78 is 58.5. The second-order valence-electron chi connectivity index (χ2n) is 6.11. The van der Waals surface area contributed by atoms with Crippen LogP contribution in [0.2, 0.25) is 0 Å². The molecule has 6 N–H and O–H groups in total. The topological polar surface area (TPSA) is 248 Å². The molecule has 3 rings (SSSR count). The monoisotopic (exact) mass is 505 g/mol. The Bertz CT molecular complexity index is 1090. The predicted octanol–water partition coefficient (Wildman–Crippen LogP) is 0.0543. The van der Waals surface area contributed by atoms with E-state index in [4.69, 9.17) is 25.0 Å². The zero-order chi connectivity index (χ0) is 23.0. The number of hydrogen-bond acceptors (Lipinski definition) is 12. The Morgan fingerprint density at radius 2 is 1.87 bits per heavy atom. The van der Waals surface area contributed by atoms with Gasteiger partial charge in [0.25, 0.3) is 0 Å². The van der Waals surface area contributed by atoms with E-state index in [0.717, 1.165) is 0 Å². The minimum atomic E-state index is -5.61. The maximum Gasteiger partial charge on any atom is 0.490 e. The number of imidazole rings is 1. The first-order valence-electron chi connectivity index (χ1n) is 8.20. The number of ether oxygens (including phenoxy) is 2. The molecule has 17 nitrogen and oxygen atoms in total. The van der Waals surface area contributed by atoms with Crippen molar-refractivity contribution in [1.29, 1.82) is 0 Å². The molecule has 31 heavy (non-hydrogen) atoms. The minimum absolute atomic E-state index is 0.161. The van der Waals surface area contributed by atoms with E-state index in [2.05, 4.69) is 28.1 Å². The molecule has 0 radical (unpaired) electrons. The normalized spacial score (nSPS) is 26.0. The number of fused-ring (bicyclic) bond motifs is 1. The molecule has 0 bridgehead atoms. The van der Waals surface area contributed by atoms with Crippen LogP contribution in [0.5, 0.6) is 0 Å². The number of nitrogens with two attached hydrogens (primary N) is 1. The van der Waals surface area contributed by atoms with Gasteiger partial charge >= 0.3 is 23.5 Å². The van der Waals surface area contributed by atoms with Gasteiger partial charge in [0.15, 0.2) is 11.5 Å². The molecular weight excluding hydrogens is 487 g/mol. The van der Waals surface area contributed by atoms with Crippen LogP contribution in [0.4, 0.5) is 5.82 Å². The van der Waals surface area contributed by atoms with Gasteiger partial charge in [0.05, 0.1) is 19.0 Å². The van der Waals surface area contributed by atoms with Crippen LogP contribution in [-0.2, 0) is 36.3 Å². The number of rotatable bonds is 9. The molecule has 5 atom stereocenters. The Kier molecular flexibility index (Phi) is 6.99. The molecule has 0 spiro atoms. The summed E-state index contributed by atoms with van der Waals surface area (Å²) in [4.78, 5) is 47.9. The molecule has 0 aliphatic carbocycles. The molecule has 1 aliphatic heterocycles. The molecule has 2 aromatic rings. The third-order valence-electron chi connectivity index (χ3n) is 4.00. The van der Waals surface area contributed by atoms with Gasteiger partial charge in [0.1, 0.15) is 24.2 Å². The Morgan fingerprint density at radius 3 is 2.52 bits per heavy atom. The van der Waals surface area contributed by atoms with Crippen LogP contribution in [-0.4, -0.2) is 65.0 Å². The lowest BCUT2D eigenvalue weighted by molar-refractivity contribution is -0.0502. The zero-order valence-electron chi connectivity index (χ0n) is 15.6. The van der Waals surface area contributed by atoms with Crippen molar-refractivity contribution < 1.29 is 55.9 Å². The van der Waals surface area contributed by atoms with E-state index in [9.17, 15) is 23.5 Å². The van der Waals surface area contributed by atoms with Crippen molar-refractivity contribution in [1.82, 2.24) is 19.5 Å². The molecule has 0 amide bonds. The molecule has 0 aromatic carbocycles. The Hall–Kier alpha value is -1.32. The van der Waals surface area contributed by atoms with E-state index in [1.54, 1.807) is 4.57 Å². The van der Waals surface area contributed by atoms with Gasteiger partial charge in [-0.05, 0) is 0 Å². The van der Waals surface area contributed by atoms with Crippen LogP contribution in [0.3, 0.4) is 0 Å². The average molecular weight is 505 g/mol. The molecule has 1 aliphatic rings. The van der Waals surface area contributed by atoms with Gasteiger partial charge in [-0.3, -0.25) is 9.09 Å². The van der Waals surface area contributed by atoms with E-state index >= 15 is 0 Å². The predicted molar refractivity (Wildman–Crippen MR) is 98.9 cm³/mol. The fourth-order valence-electron chi connectivity index (χ4n) is 2.82. The first-order valence-corrected chi connectivity index (χ1v) is 12.7. The molecule has 3 heterocycles. The number of hydrogen-bond donors (Lipinski definition) is 5. The zero-order valence-corrected chi connectivity index (χ0v) is 18.2. The fourth-order valence-corrected chi connectivity index (χ4v) is 5.85. The van der Waals surface area contributed by atoms with Gasteiger partial charge in [0.2, 0.25) is 0 Å². The van der Waals surface area contributed by atoms with Crippen molar-refractivity contribution in [2.24, 2.45) is 0 Å². The summed E-state index contributed by atoms with van der Waals surface area (Å²) >= 11 is 0. The molecule has 20 heteroatoms. The largest absolute Gasteiger partial charge is 0.490 e. The molecule has 1 fully saturated rings. The number of phosphoric ester groups is 1. The van der Waals surface area contributed by atoms with E-state index in [-0.39, 0.29) is 12.2 Å². The quantitative estimate of drug-likeness (QED) is 0.282. The second kappa shape index (κ2) is 8.90. The van der Waals surface area contributed by atoms with Crippen LogP contribution in [0, 0.1) is 0 Å². The van der Waals surface area contributed by atoms with E-state index in [1.807, 2.05) is 0 Å². The Balaban J connectivity index is 1.67. The fraction of sp³-hybridized carbons (Fsp3) is 0.545. The van der Waals surface area contributed by atoms with E-state index in [1.165, 1.54) is 19.8 Å². The molecule has 0 saturated carbocycles. The molecule has 174 valence electrons. The minimum Gasteiger partial charge on any atom is -0.382 e. The van der Waals surface area contributed by atoms with Crippen LogP contribution >= 0.6 is 23.5 Å². The smallest absolute Gasteiger partial charge is 0.382 e. The van der Waals surface area contributed by atoms with E-state index < -0.39 is 48.5 Å². The number of phosphoric acid groups is 3. The highest BCUT2D eigenvalue weighted by molar-refractivity contribution is 7.66. The lowest BCUT2D eigenvalue weighted by Crippen LogP contribution is -2.27. The highest BCUT2D eigenvalue weighted by Crippen LogP contribution is 2.66. The van der Waals surface area contributed by atoms with Crippen LogP contribution in [0.15, 0.2) is 12.7 Å². The molecular formula is C11H18N5O12P3. The number of anilines is 1. The van der Waals surface area contributed by atoms with Crippen molar-refractivity contribution in [3.05, 3.63) is 12.7 Å². The average Bonchev–Trinajstić information content (AvgIpc) is 3.21. The SMILES string of the molecule is CO[C@@H]1C[C@H](n2cnc3c(N)ncnc32)O[C@@H]1COP(=O)(O)OP(=O)(O)OP(=O)(O)O. The van der Waals surface area contributed by atoms with Gasteiger partial charge in [-0.15, -0.1) is 0 Å². The first-order chi connectivity index (χ1) is 14.3. The van der Waals surface area contributed by atoms with Crippen LogP contribution in [0.1, 0.15) is 12.6 Å². The van der Waals surface area contributed by atoms with E-state index in [0.29, 0.717) is 11.2 Å². The summed E-state index contributed by atoms with van der Waals surface area (Å²) in [5, 5.41) is 0. The third kappa shape index (κ3) is 6.14. The van der Waals surface area contributed by atoms with Gasteiger partial charge in [-0.25, -0.2) is 28.6 Å². The number of nitrogens with zero attached hydrogens (tertiary/aromatic N) is 4. The summed E-state index contributed by atoms with van der Waals surface area (Å²) in [6, 6.07) is 0. The lowest BCUT2D eigenvalue weighted by Gasteiger charge is -2.20. The molecule has 2 aromatic heterocycles. The second-order valence-corrected chi connectivity index (χ2v) is 10.5. The summed E-state index contributed by atoms with van der Waals surface area (Å²) in [5.74, 6) is 0.161. The first kappa shape index (κ1) is 24.3. The van der Waals surface area contributed by atoms with Crippen molar-refractivity contribution >= 4 is 40.4 Å². The standard InChI is InChI=1S/C11H18N5O12P3/c1-24-6-2-8(16-5-15-9-10(12)13-4-14-11(9)16)26-7(6)3-25-30(20,21)28-31(22,23)27-29(17,18)19/h4-8H,2-3H2,1H3,(H,20,21)(H,22,23)(H2,12,13,14)(H2,17,18,19)/t6-,7-,8-/m1/s1. The van der Waals surface area contributed by atoms with Gasteiger partial charge in [-0.1, -0.05) is 0 Å². The number of methoxy groups -OCH3 is 1. The Labute approximate surface area is 173 Å². The van der Waals surface area contributed by atoms with Crippen molar-refractivity contribution in [3.8, 4) is 0 Å². The molecule has 1 saturated heterocycles. The van der Waals surface area contributed by atoms with Crippen LogP contribution in [0.25, 0.3) is 11.2 Å². The lowest BCUT2D eigenvalue weighted by atomic mass is 10.2.